The minimum Gasteiger partial charge on any atom is -0.361 e. The Morgan fingerprint density at radius 2 is 1.39 bits per heavy atom. The predicted molar refractivity (Wildman–Crippen MR) is 158 cm³/mol. The fraction of sp³-hybridized carbons (Fsp3) is 0.677. The van der Waals surface area contributed by atoms with Crippen molar-refractivity contribution >= 4 is 23.5 Å². The highest BCUT2D eigenvalue weighted by Crippen LogP contribution is 2.29. The zero-order chi connectivity index (χ0) is 30.0. The lowest BCUT2D eigenvalue weighted by molar-refractivity contribution is -0.134. The number of benzene rings is 1. The number of nitrogens with zero attached hydrogens (tertiary/aromatic N) is 1. The van der Waals surface area contributed by atoms with E-state index >= 15 is 0 Å². The molecule has 2 heterocycles. The molecule has 41 heavy (non-hydrogen) atoms. The zero-order valence-electron chi connectivity index (χ0n) is 25.3. The second kappa shape index (κ2) is 15.4. The molecule has 2 aliphatic rings. The summed E-state index contributed by atoms with van der Waals surface area (Å²) in [6.45, 7) is 11.9. The normalized spacial score (nSPS) is 21.1. The van der Waals surface area contributed by atoms with Crippen molar-refractivity contribution in [3.63, 3.8) is 0 Å². The van der Waals surface area contributed by atoms with Gasteiger partial charge in [0.2, 0.25) is 17.7 Å². The number of hydrogen-bond acceptors (Lipinski definition) is 7. The Bertz CT molecular complexity index is 1020. The Hall–Kier alpha value is -2.82. The number of carbonyl (C=O) groups excluding carboxylic acids is 4. The second-order valence-corrected chi connectivity index (χ2v) is 12.5. The molecule has 0 radical (unpaired) electrons. The van der Waals surface area contributed by atoms with E-state index in [1.54, 1.807) is 6.92 Å². The van der Waals surface area contributed by atoms with Gasteiger partial charge in [0.25, 0.3) is 0 Å². The van der Waals surface area contributed by atoms with Crippen LogP contribution in [0.25, 0.3) is 0 Å². The number of carbonyl (C=O) groups is 4. The van der Waals surface area contributed by atoms with Crippen molar-refractivity contribution in [1.82, 2.24) is 26.4 Å². The summed E-state index contributed by atoms with van der Waals surface area (Å²) >= 11 is 0. The Labute approximate surface area is 244 Å². The third kappa shape index (κ3) is 10.8. The highest BCUT2D eigenvalue weighted by molar-refractivity contribution is 5.98. The topological polar surface area (TPSA) is 132 Å². The third-order valence-electron chi connectivity index (χ3n) is 7.53. The third-order valence-corrected chi connectivity index (χ3v) is 7.53. The van der Waals surface area contributed by atoms with Crippen molar-refractivity contribution in [2.24, 2.45) is 11.8 Å². The summed E-state index contributed by atoms with van der Waals surface area (Å²) in [5.41, 5.74) is 3.15. The predicted octanol–water partition coefficient (Wildman–Crippen LogP) is 2.12. The Morgan fingerprint density at radius 1 is 0.829 bits per heavy atom. The van der Waals surface area contributed by atoms with Gasteiger partial charge in [0.15, 0.2) is 5.78 Å². The van der Waals surface area contributed by atoms with Crippen molar-refractivity contribution in [2.45, 2.75) is 96.9 Å². The molecule has 3 amide bonds. The molecule has 0 unspecified atom stereocenters. The van der Waals surface area contributed by atoms with Gasteiger partial charge in [0, 0.05) is 19.5 Å². The summed E-state index contributed by atoms with van der Waals surface area (Å²) in [5.74, 6) is -0.999. The van der Waals surface area contributed by atoms with Crippen molar-refractivity contribution in [2.75, 3.05) is 26.2 Å². The Kier molecular flexibility index (Phi) is 12.3. The minimum atomic E-state index is -0.932. The van der Waals surface area contributed by atoms with E-state index in [1.807, 2.05) is 63.0 Å². The van der Waals surface area contributed by atoms with Gasteiger partial charge >= 0.3 is 0 Å². The first-order chi connectivity index (χ1) is 19.5. The van der Waals surface area contributed by atoms with E-state index < -0.39 is 35.5 Å². The van der Waals surface area contributed by atoms with Gasteiger partial charge in [-0.25, -0.2) is 10.4 Å². The minimum absolute atomic E-state index is 0.0790. The molecule has 4 N–H and O–H groups in total. The molecule has 1 aromatic rings. The first kappa shape index (κ1) is 32.7. The fourth-order valence-electron chi connectivity index (χ4n) is 5.11. The van der Waals surface area contributed by atoms with E-state index in [0.29, 0.717) is 19.4 Å². The van der Waals surface area contributed by atoms with Crippen LogP contribution in [0.5, 0.6) is 0 Å². The number of ether oxygens (including phenoxy) is 1. The zero-order valence-corrected chi connectivity index (χ0v) is 25.3. The number of rotatable bonds is 16. The van der Waals surface area contributed by atoms with E-state index in [2.05, 4.69) is 21.4 Å². The van der Waals surface area contributed by atoms with E-state index in [4.69, 9.17) is 4.74 Å². The number of epoxide rings is 1. The van der Waals surface area contributed by atoms with Crippen LogP contribution in [0.1, 0.15) is 72.3 Å². The molecule has 0 bridgehead atoms. The van der Waals surface area contributed by atoms with Crippen LogP contribution in [-0.2, 0) is 30.3 Å². The molecule has 4 atom stereocenters. The molecule has 10 heteroatoms. The van der Waals surface area contributed by atoms with Crippen LogP contribution in [0, 0.1) is 11.8 Å². The van der Waals surface area contributed by atoms with Crippen LogP contribution in [0.4, 0.5) is 0 Å². The van der Waals surface area contributed by atoms with E-state index in [9.17, 15) is 19.2 Å². The summed E-state index contributed by atoms with van der Waals surface area (Å²) in [6.07, 6.45) is 4.50. The number of hydrazine groups is 1. The molecule has 0 aromatic heterocycles. The summed E-state index contributed by atoms with van der Waals surface area (Å²) in [4.78, 5) is 53.2. The molecule has 10 nitrogen and oxygen atoms in total. The summed E-state index contributed by atoms with van der Waals surface area (Å²) < 4.78 is 5.37. The number of hydrogen-bond donors (Lipinski definition) is 4. The van der Waals surface area contributed by atoms with E-state index in [1.165, 1.54) is 6.42 Å². The van der Waals surface area contributed by atoms with Gasteiger partial charge in [-0.05, 0) is 50.0 Å². The van der Waals surface area contributed by atoms with E-state index in [-0.39, 0.29) is 36.5 Å². The Morgan fingerprint density at radius 3 is 1.98 bits per heavy atom. The van der Waals surface area contributed by atoms with Gasteiger partial charge in [-0.15, -0.1) is 0 Å². The number of amides is 3. The van der Waals surface area contributed by atoms with Crippen molar-refractivity contribution in [3.05, 3.63) is 35.9 Å². The lowest BCUT2D eigenvalue weighted by Gasteiger charge is -2.28. The van der Waals surface area contributed by atoms with Gasteiger partial charge < -0.3 is 20.7 Å². The summed E-state index contributed by atoms with van der Waals surface area (Å²) in [7, 11) is 0. The molecule has 3 rings (SSSR count). The molecule has 0 spiro atoms. The molecular weight excluding hydrogens is 522 g/mol. The van der Waals surface area contributed by atoms with Crippen LogP contribution in [0.2, 0.25) is 0 Å². The van der Waals surface area contributed by atoms with Gasteiger partial charge in [-0.2, -0.15) is 0 Å². The lowest BCUT2D eigenvalue weighted by atomic mass is 9.93. The highest BCUT2D eigenvalue weighted by Gasteiger charge is 2.50. The molecule has 2 aliphatic heterocycles. The van der Waals surface area contributed by atoms with Gasteiger partial charge in [0.05, 0.1) is 19.2 Å². The lowest BCUT2D eigenvalue weighted by Crippen LogP contribution is -2.58. The number of Topliss-reactive ketones (excluding diaryl/α,β-unsaturated/α-hetero) is 1. The first-order valence-corrected chi connectivity index (χ1v) is 15.1. The molecule has 2 saturated heterocycles. The average Bonchev–Trinajstić information content (AvgIpc) is 3.69. The maximum absolute atomic E-state index is 13.6. The highest BCUT2D eigenvalue weighted by atomic mass is 16.6. The summed E-state index contributed by atoms with van der Waals surface area (Å²) in [5, 5.41) is 10.7. The number of nitrogens with one attached hydrogen (secondary N) is 4. The smallest absolute Gasteiger partial charge is 0.243 e. The fourth-order valence-corrected chi connectivity index (χ4v) is 5.11. The average molecular weight is 572 g/mol. The monoisotopic (exact) mass is 571 g/mol. The number of ketones is 1. The van der Waals surface area contributed by atoms with Gasteiger partial charge in [0.1, 0.15) is 17.7 Å². The standard InChI is InChI=1S/C31H49N5O5/c1-21(2)16-24(28(38)31(5)20-41-31)34-30(40)26(18-23-12-8-6-9-13-23)35-29(39)25(17-22(3)4)33-27(37)19-32-36-14-10-7-11-15-36/h6,8-9,12-13,21-22,24-26,32H,7,10-11,14-20H2,1-5H3,(H,33,37)(H,34,40)(H,35,39)/t24-,25-,26-,31+/m0/s1. The number of piperidine rings is 1. The molecule has 0 saturated carbocycles. The SMILES string of the molecule is CC(C)C[C@H](NC(=O)CNN1CCCCC1)C(=O)N[C@@H](Cc1ccccc1)C(=O)N[C@@H](CC(C)C)C(=O)[C@@]1(C)CO1. The molecular formula is C31H49N5O5. The van der Waals surface area contributed by atoms with Gasteiger partial charge in [-0.1, -0.05) is 64.4 Å². The van der Waals surface area contributed by atoms with Crippen molar-refractivity contribution < 1.29 is 23.9 Å². The first-order valence-electron chi connectivity index (χ1n) is 15.1. The maximum atomic E-state index is 13.6. The van der Waals surface area contributed by atoms with Crippen LogP contribution in [0.3, 0.4) is 0 Å². The largest absolute Gasteiger partial charge is 0.361 e. The maximum Gasteiger partial charge on any atom is 0.243 e. The van der Waals surface area contributed by atoms with Crippen LogP contribution >= 0.6 is 0 Å². The van der Waals surface area contributed by atoms with Crippen LogP contribution in [-0.4, -0.2) is 78.5 Å². The molecule has 0 aliphatic carbocycles. The van der Waals surface area contributed by atoms with Crippen molar-refractivity contribution in [3.8, 4) is 0 Å². The van der Waals surface area contributed by atoms with Crippen LogP contribution in [0.15, 0.2) is 30.3 Å². The Balaban J connectivity index is 1.71. The molecule has 2 fully saturated rings. The van der Waals surface area contributed by atoms with Crippen LogP contribution < -0.4 is 21.4 Å². The molecule has 1 aromatic carbocycles. The van der Waals surface area contributed by atoms with Gasteiger partial charge in [-0.3, -0.25) is 19.2 Å². The molecule has 228 valence electrons. The quantitative estimate of drug-likeness (QED) is 0.224. The van der Waals surface area contributed by atoms with Crippen molar-refractivity contribution in [1.29, 1.82) is 0 Å². The summed E-state index contributed by atoms with van der Waals surface area (Å²) in [6, 6.07) is 6.96. The van der Waals surface area contributed by atoms with E-state index in [0.717, 1.165) is 31.5 Å². The second-order valence-electron chi connectivity index (χ2n) is 12.5.